The molecule has 0 aliphatic carbocycles. The van der Waals surface area contributed by atoms with E-state index < -0.39 is 0 Å². The lowest BCUT2D eigenvalue weighted by molar-refractivity contribution is 0.494. The largest absolute Gasteiger partial charge is 0.340 e. The molecule has 2 atom stereocenters. The molecule has 0 amide bonds. The lowest BCUT2D eigenvalue weighted by atomic mass is 10.0. The molecule has 2 rings (SSSR count). The molecular formula is C12H20BrN3. The third-order valence-electron chi connectivity index (χ3n) is 2.88. The topological polar surface area (TPSA) is 29.0 Å². The smallest absolute Gasteiger partial charge is 0.225 e. The second-order valence-electron chi connectivity index (χ2n) is 4.06. The van der Waals surface area contributed by atoms with Crippen molar-refractivity contribution < 1.29 is 0 Å². The van der Waals surface area contributed by atoms with Gasteiger partial charge in [-0.1, -0.05) is 27.7 Å². The molecule has 0 aromatic carbocycles. The van der Waals surface area contributed by atoms with Gasteiger partial charge in [-0.3, -0.25) is 0 Å². The second-order valence-corrected chi connectivity index (χ2v) is 4.98. The van der Waals surface area contributed by atoms with Crippen LogP contribution in [0, 0.1) is 11.8 Å². The molecule has 0 spiro atoms. The highest BCUT2D eigenvalue weighted by Gasteiger charge is 2.27. The van der Waals surface area contributed by atoms with Crippen LogP contribution in [0.5, 0.6) is 0 Å². The summed E-state index contributed by atoms with van der Waals surface area (Å²) in [6.45, 7) is 10.7. The summed E-state index contributed by atoms with van der Waals surface area (Å²) in [4.78, 5) is 10.8. The van der Waals surface area contributed by atoms with Crippen LogP contribution >= 0.6 is 15.9 Å². The van der Waals surface area contributed by atoms with Gasteiger partial charge in [0, 0.05) is 25.5 Å². The van der Waals surface area contributed by atoms with Gasteiger partial charge in [-0.05, 0) is 27.8 Å². The van der Waals surface area contributed by atoms with Gasteiger partial charge >= 0.3 is 0 Å². The number of anilines is 1. The zero-order valence-electron chi connectivity index (χ0n) is 10.4. The molecule has 1 fully saturated rings. The molecule has 4 heteroatoms. The van der Waals surface area contributed by atoms with E-state index in [9.17, 15) is 0 Å². The molecule has 1 saturated heterocycles. The third kappa shape index (κ3) is 3.17. The summed E-state index contributed by atoms with van der Waals surface area (Å²) in [5.74, 6) is 2.33. The Balaban J connectivity index is 0.000000606. The first-order valence-electron chi connectivity index (χ1n) is 5.89. The van der Waals surface area contributed by atoms with E-state index in [0.29, 0.717) is 0 Å². The van der Waals surface area contributed by atoms with Crippen LogP contribution in [0.25, 0.3) is 0 Å². The molecule has 0 radical (unpaired) electrons. The summed E-state index contributed by atoms with van der Waals surface area (Å²) in [5, 5.41) is 0. The SMILES string of the molecule is CC.CC1CN(c2ncc(Br)cn2)CC1C. The number of hydrogen-bond acceptors (Lipinski definition) is 3. The average molecular weight is 286 g/mol. The molecular weight excluding hydrogens is 266 g/mol. The van der Waals surface area contributed by atoms with Crippen LogP contribution in [-0.2, 0) is 0 Å². The Morgan fingerprint density at radius 3 is 2.00 bits per heavy atom. The van der Waals surface area contributed by atoms with Crippen molar-refractivity contribution in [2.24, 2.45) is 11.8 Å². The first-order chi connectivity index (χ1) is 7.66. The first-order valence-corrected chi connectivity index (χ1v) is 6.68. The van der Waals surface area contributed by atoms with Gasteiger partial charge in [-0.25, -0.2) is 9.97 Å². The van der Waals surface area contributed by atoms with Crippen molar-refractivity contribution in [3.8, 4) is 0 Å². The van der Waals surface area contributed by atoms with Crippen LogP contribution in [0.3, 0.4) is 0 Å². The van der Waals surface area contributed by atoms with Gasteiger partial charge in [0.1, 0.15) is 0 Å². The van der Waals surface area contributed by atoms with Crippen LogP contribution in [0.4, 0.5) is 5.95 Å². The fourth-order valence-corrected chi connectivity index (χ4v) is 1.97. The maximum absolute atomic E-state index is 4.30. The van der Waals surface area contributed by atoms with Gasteiger partial charge in [0.25, 0.3) is 0 Å². The Bertz CT molecular complexity index is 303. The van der Waals surface area contributed by atoms with E-state index in [4.69, 9.17) is 0 Å². The van der Waals surface area contributed by atoms with E-state index in [1.165, 1.54) is 0 Å². The molecule has 1 aliphatic rings. The second kappa shape index (κ2) is 6.18. The van der Waals surface area contributed by atoms with Gasteiger partial charge in [0.15, 0.2) is 0 Å². The Labute approximate surface area is 106 Å². The third-order valence-corrected chi connectivity index (χ3v) is 3.29. The maximum atomic E-state index is 4.30. The van der Waals surface area contributed by atoms with Gasteiger partial charge in [-0.2, -0.15) is 0 Å². The number of hydrogen-bond donors (Lipinski definition) is 0. The first kappa shape index (κ1) is 13.4. The molecule has 1 aliphatic heterocycles. The number of halogens is 1. The van der Waals surface area contributed by atoms with E-state index in [-0.39, 0.29) is 0 Å². The molecule has 2 unspecified atom stereocenters. The molecule has 3 nitrogen and oxygen atoms in total. The van der Waals surface area contributed by atoms with Gasteiger partial charge in [-0.15, -0.1) is 0 Å². The quantitative estimate of drug-likeness (QED) is 0.792. The molecule has 2 heterocycles. The Morgan fingerprint density at radius 2 is 1.56 bits per heavy atom. The average Bonchev–Trinajstić information content (AvgIpc) is 2.63. The normalized spacial score (nSPS) is 23.9. The molecule has 16 heavy (non-hydrogen) atoms. The highest BCUT2D eigenvalue weighted by atomic mass is 79.9. The van der Waals surface area contributed by atoms with E-state index in [2.05, 4.69) is 44.6 Å². The van der Waals surface area contributed by atoms with E-state index in [1.54, 1.807) is 12.4 Å². The predicted octanol–water partition coefficient (Wildman–Crippen LogP) is 3.36. The van der Waals surface area contributed by atoms with Crippen molar-refractivity contribution in [2.45, 2.75) is 27.7 Å². The fraction of sp³-hybridized carbons (Fsp3) is 0.667. The number of rotatable bonds is 1. The molecule has 1 aromatic rings. The van der Waals surface area contributed by atoms with Gasteiger partial charge in [0.2, 0.25) is 5.95 Å². The number of nitrogens with zero attached hydrogens (tertiary/aromatic N) is 3. The summed E-state index contributed by atoms with van der Waals surface area (Å²) in [7, 11) is 0. The van der Waals surface area contributed by atoms with Crippen molar-refractivity contribution in [3.05, 3.63) is 16.9 Å². The summed E-state index contributed by atoms with van der Waals surface area (Å²) in [5.41, 5.74) is 0. The zero-order valence-corrected chi connectivity index (χ0v) is 12.0. The Morgan fingerprint density at radius 1 is 1.12 bits per heavy atom. The minimum absolute atomic E-state index is 0.738. The summed E-state index contributed by atoms with van der Waals surface area (Å²) >= 11 is 3.33. The summed E-state index contributed by atoms with van der Waals surface area (Å²) < 4.78 is 0.932. The minimum atomic E-state index is 0.738. The van der Waals surface area contributed by atoms with Crippen molar-refractivity contribution >= 4 is 21.9 Å². The maximum Gasteiger partial charge on any atom is 0.225 e. The Kier molecular flexibility index (Phi) is 5.19. The molecule has 0 saturated carbocycles. The minimum Gasteiger partial charge on any atom is -0.340 e. The van der Waals surface area contributed by atoms with Crippen molar-refractivity contribution in [2.75, 3.05) is 18.0 Å². The predicted molar refractivity (Wildman–Crippen MR) is 71.6 cm³/mol. The Hall–Kier alpha value is -0.640. The lowest BCUT2D eigenvalue weighted by Crippen LogP contribution is -2.21. The van der Waals surface area contributed by atoms with Crippen LogP contribution in [0.1, 0.15) is 27.7 Å². The van der Waals surface area contributed by atoms with Crippen LogP contribution < -0.4 is 4.90 Å². The van der Waals surface area contributed by atoms with E-state index in [0.717, 1.165) is 35.3 Å². The molecule has 1 aromatic heterocycles. The molecule has 90 valence electrons. The highest BCUT2D eigenvalue weighted by Crippen LogP contribution is 2.25. The van der Waals surface area contributed by atoms with E-state index >= 15 is 0 Å². The van der Waals surface area contributed by atoms with E-state index in [1.807, 2.05) is 13.8 Å². The summed E-state index contributed by atoms with van der Waals surface area (Å²) in [6, 6.07) is 0. The lowest BCUT2D eigenvalue weighted by Gasteiger charge is -2.14. The fourth-order valence-electron chi connectivity index (χ4n) is 1.76. The van der Waals surface area contributed by atoms with Crippen molar-refractivity contribution in [1.29, 1.82) is 0 Å². The molecule has 0 bridgehead atoms. The highest BCUT2D eigenvalue weighted by molar-refractivity contribution is 9.10. The van der Waals surface area contributed by atoms with Crippen LogP contribution in [0.15, 0.2) is 16.9 Å². The standard InChI is InChI=1S/C10H14BrN3.C2H6/c1-7-5-14(6-8(7)2)10-12-3-9(11)4-13-10;1-2/h3-4,7-8H,5-6H2,1-2H3;1-2H3. The van der Waals surface area contributed by atoms with Gasteiger partial charge < -0.3 is 4.90 Å². The van der Waals surface area contributed by atoms with Gasteiger partial charge in [0.05, 0.1) is 4.47 Å². The zero-order chi connectivity index (χ0) is 12.1. The monoisotopic (exact) mass is 285 g/mol. The summed E-state index contributed by atoms with van der Waals surface area (Å²) in [6.07, 6.45) is 3.60. The van der Waals surface area contributed by atoms with Crippen molar-refractivity contribution in [1.82, 2.24) is 9.97 Å². The van der Waals surface area contributed by atoms with Crippen LogP contribution in [0.2, 0.25) is 0 Å². The number of aromatic nitrogens is 2. The molecule has 0 N–H and O–H groups in total. The van der Waals surface area contributed by atoms with Crippen LogP contribution in [-0.4, -0.2) is 23.1 Å². The van der Waals surface area contributed by atoms with Crippen molar-refractivity contribution in [3.63, 3.8) is 0 Å².